The minimum atomic E-state index is -3.59. The quantitative estimate of drug-likeness (QED) is 0.569. The molecule has 1 aromatic carbocycles. The van der Waals surface area contributed by atoms with Crippen LogP contribution in [-0.4, -0.2) is 32.9 Å². The van der Waals surface area contributed by atoms with E-state index in [-0.39, 0.29) is 12.3 Å². The smallest absolute Gasteiger partial charge is 0.212 e. The van der Waals surface area contributed by atoms with Crippen LogP contribution in [0.5, 0.6) is 5.75 Å². The van der Waals surface area contributed by atoms with E-state index < -0.39 is 15.6 Å². The Morgan fingerprint density at radius 2 is 2.00 bits per heavy atom. The third-order valence-corrected chi connectivity index (χ3v) is 6.30. The molecule has 0 aliphatic carbocycles. The molecule has 1 atom stereocenters. The highest BCUT2D eigenvalue weighted by Gasteiger charge is 2.36. The van der Waals surface area contributed by atoms with Crippen molar-refractivity contribution in [3.05, 3.63) is 76.4 Å². The first-order valence-electron chi connectivity index (χ1n) is 8.32. The van der Waals surface area contributed by atoms with Gasteiger partial charge in [-0.3, -0.25) is 0 Å². The standard InChI is InChI=1S/C19H21NO5S2/c1-24-17-6-4-15(5-7-17)9-12-27(22,23)20-14-19(21,16-8-11-26-13-16)18-3-2-10-25-18/h2-8,10-11,13,20-21H,9,12,14H2,1H3. The van der Waals surface area contributed by atoms with Gasteiger partial charge in [-0.2, -0.15) is 11.3 Å². The zero-order valence-corrected chi connectivity index (χ0v) is 16.4. The molecule has 8 heteroatoms. The first kappa shape index (κ1) is 19.6. The van der Waals surface area contributed by atoms with Crippen LogP contribution in [0.1, 0.15) is 16.9 Å². The molecular weight excluding hydrogens is 386 g/mol. The van der Waals surface area contributed by atoms with E-state index in [1.165, 1.54) is 17.6 Å². The van der Waals surface area contributed by atoms with Crippen molar-refractivity contribution in [2.75, 3.05) is 19.4 Å². The van der Waals surface area contributed by atoms with Gasteiger partial charge in [-0.05, 0) is 53.1 Å². The fourth-order valence-corrected chi connectivity index (χ4v) is 4.48. The second kappa shape index (κ2) is 8.26. The lowest BCUT2D eigenvalue weighted by atomic mass is 9.94. The van der Waals surface area contributed by atoms with E-state index in [2.05, 4.69) is 4.72 Å². The molecule has 0 spiro atoms. The molecule has 2 N–H and O–H groups in total. The van der Waals surface area contributed by atoms with Crippen LogP contribution in [-0.2, 0) is 22.0 Å². The van der Waals surface area contributed by atoms with Crippen molar-refractivity contribution in [2.24, 2.45) is 0 Å². The van der Waals surface area contributed by atoms with Crippen molar-refractivity contribution in [2.45, 2.75) is 12.0 Å². The summed E-state index contributed by atoms with van der Waals surface area (Å²) in [5.74, 6) is 0.926. The number of rotatable bonds is 9. The van der Waals surface area contributed by atoms with Gasteiger partial charge in [-0.25, -0.2) is 13.1 Å². The Balaban J connectivity index is 1.67. The minimum absolute atomic E-state index is 0.0861. The third kappa shape index (κ3) is 4.78. The van der Waals surface area contributed by atoms with E-state index in [9.17, 15) is 13.5 Å². The Labute approximate surface area is 162 Å². The molecule has 0 fully saturated rings. The minimum Gasteiger partial charge on any atom is -0.497 e. The number of ether oxygens (including phenoxy) is 1. The zero-order valence-electron chi connectivity index (χ0n) is 14.8. The summed E-state index contributed by atoms with van der Waals surface area (Å²) < 4.78 is 37.8. The van der Waals surface area contributed by atoms with Crippen LogP contribution < -0.4 is 9.46 Å². The Kier molecular flexibility index (Phi) is 6.01. The van der Waals surface area contributed by atoms with Crippen LogP contribution in [0.15, 0.2) is 63.9 Å². The summed E-state index contributed by atoms with van der Waals surface area (Å²) in [6.45, 7) is -0.206. The van der Waals surface area contributed by atoms with Crippen LogP contribution in [0.4, 0.5) is 0 Å². The van der Waals surface area contributed by atoms with Gasteiger partial charge in [0, 0.05) is 5.56 Å². The molecule has 0 saturated carbocycles. The van der Waals surface area contributed by atoms with Crippen LogP contribution in [0.25, 0.3) is 0 Å². The van der Waals surface area contributed by atoms with Crippen molar-refractivity contribution in [3.8, 4) is 5.75 Å². The van der Waals surface area contributed by atoms with E-state index in [0.717, 1.165) is 11.3 Å². The fourth-order valence-electron chi connectivity index (χ4n) is 2.68. The van der Waals surface area contributed by atoms with Crippen molar-refractivity contribution in [1.82, 2.24) is 4.72 Å². The predicted molar refractivity (Wildman–Crippen MR) is 105 cm³/mol. The lowest BCUT2D eigenvalue weighted by Gasteiger charge is -2.25. The first-order valence-corrected chi connectivity index (χ1v) is 10.9. The maximum absolute atomic E-state index is 12.4. The number of methoxy groups -OCH3 is 1. The van der Waals surface area contributed by atoms with Crippen molar-refractivity contribution in [1.29, 1.82) is 0 Å². The normalized spacial score (nSPS) is 14.0. The summed E-state index contributed by atoms with van der Waals surface area (Å²) in [7, 11) is -2.01. The number of nitrogens with one attached hydrogen (secondary N) is 1. The molecule has 0 aliphatic heterocycles. The number of furan rings is 1. The van der Waals surface area contributed by atoms with Gasteiger partial charge >= 0.3 is 0 Å². The lowest BCUT2D eigenvalue weighted by molar-refractivity contribution is 0.0623. The Bertz CT molecular complexity index is 898. The largest absolute Gasteiger partial charge is 0.497 e. The summed E-state index contributed by atoms with van der Waals surface area (Å²) in [5, 5.41) is 14.7. The molecule has 0 aliphatic rings. The monoisotopic (exact) mass is 407 g/mol. The van der Waals surface area contributed by atoms with Gasteiger partial charge in [-0.15, -0.1) is 0 Å². The average Bonchev–Trinajstić information content (AvgIpc) is 3.39. The number of thiophene rings is 1. The third-order valence-electron chi connectivity index (χ3n) is 4.29. The van der Waals surface area contributed by atoms with E-state index in [1.54, 1.807) is 42.8 Å². The molecule has 6 nitrogen and oxygen atoms in total. The fraction of sp³-hybridized carbons (Fsp3) is 0.263. The maximum atomic E-state index is 12.4. The topological polar surface area (TPSA) is 88.8 Å². The van der Waals surface area contributed by atoms with Gasteiger partial charge < -0.3 is 14.3 Å². The van der Waals surface area contributed by atoms with Crippen LogP contribution >= 0.6 is 11.3 Å². The molecule has 3 aromatic rings. The molecular formula is C19H21NO5S2. The molecule has 2 aromatic heterocycles. The molecule has 144 valence electrons. The van der Waals surface area contributed by atoms with Crippen LogP contribution in [0.2, 0.25) is 0 Å². The van der Waals surface area contributed by atoms with Gasteiger partial charge in [-0.1, -0.05) is 12.1 Å². The van der Waals surface area contributed by atoms with E-state index in [4.69, 9.17) is 9.15 Å². The molecule has 2 heterocycles. The number of hydrogen-bond donors (Lipinski definition) is 2. The van der Waals surface area contributed by atoms with E-state index in [1.807, 2.05) is 17.5 Å². The Morgan fingerprint density at radius 1 is 1.22 bits per heavy atom. The zero-order chi connectivity index (χ0) is 19.3. The number of aliphatic hydroxyl groups is 1. The molecule has 0 amide bonds. The summed E-state index contributed by atoms with van der Waals surface area (Å²) >= 11 is 1.42. The molecule has 0 bridgehead atoms. The highest BCUT2D eigenvalue weighted by Crippen LogP contribution is 2.31. The number of sulfonamides is 1. The second-order valence-corrected chi connectivity index (χ2v) is 8.79. The summed E-state index contributed by atoms with van der Waals surface area (Å²) in [6.07, 6.45) is 1.81. The van der Waals surface area contributed by atoms with Gasteiger partial charge in [0.1, 0.15) is 11.5 Å². The highest BCUT2D eigenvalue weighted by molar-refractivity contribution is 7.89. The summed E-state index contributed by atoms with van der Waals surface area (Å²) in [4.78, 5) is 0. The lowest BCUT2D eigenvalue weighted by Crippen LogP contribution is -2.42. The van der Waals surface area contributed by atoms with Crippen LogP contribution in [0, 0.1) is 0 Å². The molecule has 27 heavy (non-hydrogen) atoms. The second-order valence-electron chi connectivity index (χ2n) is 6.09. The molecule has 0 radical (unpaired) electrons. The molecule has 3 rings (SSSR count). The van der Waals surface area contributed by atoms with Gasteiger partial charge in [0.25, 0.3) is 0 Å². The average molecular weight is 408 g/mol. The van der Waals surface area contributed by atoms with Crippen molar-refractivity contribution >= 4 is 21.4 Å². The predicted octanol–water partition coefficient (Wildman–Crippen LogP) is 2.75. The van der Waals surface area contributed by atoms with Gasteiger partial charge in [0.05, 0.1) is 25.7 Å². The summed E-state index contributed by atoms with van der Waals surface area (Å²) in [5.41, 5.74) is -0.0861. The van der Waals surface area contributed by atoms with E-state index in [0.29, 0.717) is 17.7 Å². The SMILES string of the molecule is COc1ccc(CCS(=O)(=O)NCC(O)(c2ccsc2)c2ccco2)cc1. The van der Waals surface area contributed by atoms with E-state index >= 15 is 0 Å². The van der Waals surface area contributed by atoms with Gasteiger partial charge in [0.15, 0.2) is 5.60 Å². The van der Waals surface area contributed by atoms with Crippen molar-refractivity contribution in [3.63, 3.8) is 0 Å². The summed E-state index contributed by atoms with van der Waals surface area (Å²) in [6, 6.07) is 12.3. The first-order chi connectivity index (χ1) is 12.9. The number of benzene rings is 1. The Hall–Kier alpha value is -2.13. The maximum Gasteiger partial charge on any atom is 0.212 e. The molecule has 1 unspecified atom stereocenters. The highest BCUT2D eigenvalue weighted by atomic mass is 32.2. The Morgan fingerprint density at radius 3 is 2.59 bits per heavy atom. The van der Waals surface area contributed by atoms with Crippen LogP contribution in [0.3, 0.4) is 0 Å². The van der Waals surface area contributed by atoms with Crippen molar-refractivity contribution < 1.29 is 22.7 Å². The van der Waals surface area contributed by atoms with Gasteiger partial charge in [0.2, 0.25) is 10.0 Å². The number of aryl methyl sites for hydroxylation is 1. The molecule has 0 saturated heterocycles. The number of hydrogen-bond acceptors (Lipinski definition) is 6.